The molecule has 0 aliphatic rings. The molecule has 96 valence electrons. The molecule has 0 saturated carbocycles. The van der Waals surface area contributed by atoms with Crippen LogP contribution in [0.25, 0.3) is 11.2 Å². The van der Waals surface area contributed by atoms with E-state index in [1.54, 1.807) is 14.1 Å². The lowest BCUT2D eigenvalue weighted by atomic mass is 10.5. The van der Waals surface area contributed by atoms with Crippen LogP contribution in [-0.4, -0.2) is 43.6 Å². The lowest BCUT2D eigenvalue weighted by Gasteiger charge is -2.13. The second-order valence-electron chi connectivity index (χ2n) is 3.82. The highest BCUT2D eigenvalue weighted by molar-refractivity contribution is 14.1. The molecule has 1 amide bonds. The standard InChI is InChI=1S/C10H12IN5O2/c1-4-14(2)9(17)16-6-5-12-8(11)13-7(6)15(3)10(16)18/h5H,4H2,1-3H3. The molecule has 0 atom stereocenters. The lowest BCUT2D eigenvalue weighted by molar-refractivity contribution is 0.212. The summed E-state index contributed by atoms with van der Waals surface area (Å²) in [4.78, 5) is 33.8. The molecule has 0 bridgehead atoms. The van der Waals surface area contributed by atoms with E-state index in [0.29, 0.717) is 21.5 Å². The Bertz CT molecular complexity index is 675. The quantitative estimate of drug-likeness (QED) is 0.553. The Hall–Kier alpha value is -1.45. The molecule has 18 heavy (non-hydrogen) atoms. The topological polar surface area (TPSA) is 73.0 Å². The van der Waals surface area contributed by atoms with Crippen molar-refractivity contribution in [1.82, 2.24) is 24.0 Å². The van der Waals surface area contributed by atoms with Crippen LogP contribution in [0, 0.1) is 3.83 Å². The number of fused-ring (bicyclic) bond motifs is 1. The summed E-state index contributed by atoms with van der Waals surface area (Å²) < 4.78 is 2.97. The maximum atomic E-state index is 12.1. The van der Waals surface area contributed by atoms with Crippen LogP contribution in [0.4, 0.5) is 4.79 Å². The van der Waals surface area contributed by atoms with E-state index in [2.05, 4.69) is 9.97 Å². The van der Waals surface area contributed by atoms with Gasteiger partial charge >= 0.3 is 11.7 Å². The third-order valence-electron chi connectivity index (χ3n) is 2.75. The van der Waals surface area contributed by atoms with Gasteiger partial charge in [-0.25, -0.2) is 24.1 Å². The molecular formula is C10H12IN5O2. The Morgan fingerprint density at radius 1 is 1.56 bits per heavy atom. The number of nitrogens with zero attached hydrogens (tertiary/aromatic N) is 5. The van der Waals surface area contributed by atoms with Gasteiger partial charge in [0.1, 0.15) is 5.52 Å². The lowest BCUT2D eigenvalue weighted by Crippen LogP contribution is -2.37. The minimum Gasteiger partial charge on any atom is -0.327 e. The Morgan fingerprint density at radius 2 is 2.22 bits per heavy atom. The second kappa shape index (κ2) is 4.67. The highest BCUT2D eigenvalue weighted by Crippen LogP contribution is 2.10. The molecule has 0 spiro atoms. The number of imidazole rings is 1. The minimum atomic E-state index is -0.411. The predicted molar refractivity (Wildman–Crippen MR) is 74.6 cm³/mol. The number of halogens is 1. The molecule has 2 aromatic heterocycles. The maximum Gasteiger partial charge on any atom is 0.338 e. The second-order valence-corrected chi connectivity index (χ2v) is 4.79. The van der Waals surface area contributed by atoms with Crippen LogP contribution in [0.5, 0.6) is 0 Å². The molecule has 7 nitrogen and oxygen atoms in total. The van der Waals surface area contributed by atoms with Crippen LogP contribution in [0.2, 0.25) is 0 Å². The molecule has 0 unspecified atom stereocenters. The zero-order chi connectivity index (χ0) is 13.4. The average molecular weight is 361 g/mol. The van der Waals surface area contributed by atoms with Gasteiger partial charge in [0.05, 0.1) is 6.20 Å². The van der Waals surface area contributed by atoms with E-state index >= 15 is 0 Å². The Morgan fingerprint density at radius 3 is 2.83 bits per heavy atom. The summed E-state index contributed by atoms with van der Waals surface area (Å²) in [6.45, 7) is 2.36. The monoisotopic (exact) mass is 361 g/mol. The van der Waals surface area contributed by atoms with Crippen LogP contribution in [0.3, 0.4) is 0 Å². The number of carbonyl (C=O) groups is 1. The molecule has 0 N–H and O–H groups in total. The molecule has 0 aliphatic heterocycles. The van der Waals surface area contributed by atoms with E-state index in [1.165, 1.54) is 15.7 Å². The minimum absolute atomic E-state index is 0.377. The first-order valence-electron chi connectivity index (χ1n) is 5.32. The number of hydrogen-bond acceptors (Lipinski definition) is 4. The summed E-state index contributed by atoms with van der Waals surface area (Å²) in [5, 5.41) is 0. The third kappa shape index (κ3) is 1.89. The normalized spacial score (nSPS) is 10.9. The molecule has 0 saturated heterocycles. The van der Waals surface area contributed by atoms with Gasteiger partial charge < -0.3 is 4.90 Å². The summed E-state index contributed by atoms with van der Waals surface area (Å²) in [7, 11) is 3.23. The van der Waals surface area contributed by atoms with E-state index < -0.39 is 5.69 Å². The molecule has 0 radical (unpaired) electrons. The van der Waals surface area contributed by atoms with Gasteiger partial charge in [0.2, 0.25) is 0 Å². The maximum absolute atomic E-state index is 12.1. The average Bonchev–Trinajstić information content (AvgIpc) is 2.60. The van der Waals surface area contributed by atoms with Gasteiger partial charge in [0, 0.05) is 43.2 Å². The summed E-state index contributed by atoms with van der Waals surface area (Å²) in [6, 6.07) is -0.377. The predicted octanol–water partition coefficient (Wildman–Crippen LogP) is 0.654. The van der Waals surface area contributed by atoms with Gasteiger partial charge in [-0.05, 0) is 6.92 Å². The van der Waals surface area contributed by atoms with E-state index in [1.807, 2.05) is 29.5 Å². The third-order valence-corrected chi connectivity index (χ3v) is 3.27. The van der Waals surface area contributed by atoms with Crippen LogP contribution in [0.1, 0.15) is 6.92 Å². The fourth-order valence-corrected chi connectivity index (χ4v) is 1.95. The van der Waals surface area contributed by atoms with E-state index in [4.69, 9.17) is 0 Å². The van der Waals surface area contributed by atoms with Gasteiger partial charge in [-0.15, -0.1) is 0 Å². The van der Waals surface area contributed by atoms with Crippen molar-refractivity contribution in [2.45, 2.75) is 6.92 Å². The van der Waals surface area contributed by atoms with Crippen molar-refractivity contribution in [1.29, 1.82) is 0 Å². The van der Waals surface area contributed by atoms with Gasteiger partial charge in [-0.3, -0.25) is 4.57 Å². The van der Waals surface area contributed by atoms with Crippen molar-refractivity contribution in [3.05, 3.63) is 20.5 Å². The smallest absolute Gasteiger partial charge is 0.327 e. The fourth-order valence-electron chi connectivity index (χ4n) is 1.58. The number of aromatic nitrogens is 4. The largest absolute Gasteiger partial charge is 0.338 e. The molecule has 2 heterocycles. The van der Waals surface area contributed by atoms with Gasteiger partial charge in [0.25, 0.3) is 0 Å². The zero-order valence-corrected chi connectivity index (χ0v) is 12.4. The summed E-state index contributed by atoms with van der Waals surface area (Å²) >= 11 is 1.96. The molecular weight excluding hydrogens is 349 g/mol. The van der Waals surface area contributed by atoms with Crippen LogP contribution in [0.15, 0.2) is 11.0 Å². The first-order chi connectivity index (χ1) is 8.47. The van der Waals surface area contributed by atoms with Crippen molar-refractivity contribution >= 4 is 39.8 Å². The van der Waals surface area contributed by atoms with Crippen LogP contribution >= 0.6 is 22.6 Å². The van der Waals surface area contributed by atoms with Crippen LogP contribution < -0.4 is 5.69 Å². The van der Waals surface area contributed by atoms with Crippen molar-refractivity contribution < 1.29 is 4.79 Å². The number of carbonyl (C=O) groups excluding carboxylic acids is 1. The summed E-state index contributed by atoms with van der Waals surface area (Å²) in [5.41, 5.74) is 0.470. The Kier molecular flexibility index (Phi) is 3.37. The molecule has 0 aliphatic carbocycles. The van der Waals surface area contributed by atoms with Crippen molar-refractivity contribution in [3.8, 4) is 0 Å². The number of rotatable bonds is 1. The van der Waals surface area contributed by atoms with E-state index in [0.717, 1.165) is 4.57 Å². The Labute approximate surface area is 117 Å². The number of aryl methyl sites for hydroxylation is 1. The number of hydrogen-bond donors (Lipinski definition) is 0. The molecule has 2 rings (SSSR count). The first-order valence-corrected chi connectivity index (χ1v) is 6.40. The van der Waals surface area contributed by atoms with Gasteiger partial charge in [-0.2, -0.15) is 0 Å². The highest BCUT2D eigenvalue weighted by Gasteiger charge is 2.20. The zero-order valence-electron chi connectivity index (χ0n) is 10.2. The molecule has 0 fully saturated rings. The summed E-state index contributed by atoms with van der Waals surface area (Å²) in [6.07, 6.45) is 1.49. The van der Waals surface area contributed by atoms with Gasteiger partial charge in [-0.1, -0.05) is 0 Å². The fraction of sp³-hybridized carbons (Fsp3) is 0.400. The summed E-state index contributed by atoms with van der Waals surface area (Å²) in [5.74, 6) is 0. The van der Waals surface area contributed by atoms with E-state index in [9.17, 15) is 9.59 Å². The Balaban J connectivity index is 2.76. The molecule has 0 aromatic carbocycles. The van der Waals surface area contributed by atoms with Crippen molar-refractivity contribution in [2.24, 2.45) is 7.05 Å². The molecule has 2 aromatic rings. The van der Waals surface area contributed by atoms with Crippen molar-refractivity contribution in [2.75, 3.05) is 13.6 Å². The van der Waals surface area contributed by atoms with Gasteiger partial charge in [0.15, 0.2) is 9.48 Å². The highest BCUT2D eigenvalue weighted by atomic mass is 127. The van der Waals surface area contributed by atoms with Crippen molar-refractivity contribution in [3.63, 3.8) is 0 Å². The SMILES string of the molecule is CCN(C)C(=O)n1c(=O)n(C)c2nc(I)ncc21. The van der Waals surface area contributed by atoms with E-state index in [-0.39, 0.29) is 6.03 Å². The number of amides is 1. The molecule has 8 heteroatoms. The first kappa shape index (κ1) is 13.0. The van der Waals surface area contributed by atoms with Crippen LogP contribution in [-0.2, 0) is 7.05 Å².